The Hall–Kier alpha value is -1.24. The number of ether oxygens (including phenoxy) is 8. The fourth-order valence-corrected chi connectivity index (χ4v) is 31.6. The fraction of sp³-hybridized carbons (Fsp3) is 0.976. The summed E-state index contributed by atoms with van der Waals surface area (Å²) < 4.78 is 59.4. The second kappa shape index (κ2) is 26.1. The summed E-state index contributed by atoms with van der Waals surface area (Å²) in [5.74, 6) is 2.83. The van der Waals surface area contributed by atoms with Crippen LogP contribution in [0.5, 0.6) is 0 Å². The molecule has 97 heavy (non-hydrogen) atoms. The number of aliphatic hydroxyl groups is 3. The van der Waals surface area contributed by atoms with Gasteiger partial charge >= 0.3 is 11.9 Å². The Labute approximate surface area is 589 Å². The SMILES string of the molecule is C.C.CC(=O)O[C@@H]([C@H]1C[C@@H](C)[C@H]2[C@H](O1)[C@H](O)[C@@]1(C)[C@@H]3CC[C@H]4C(C)(C)[C@@H](O[C@H]5CCCCO5)CC[C@@]45C[C@@]35CC[C@]21C)C(C)(C)O.CC[Si](CC)(CC)O[C@H]1[C@H]2O[C@@H]([C@H](OC(C)=O)C(C)(C)O)C[C@@H](C)[C@@H]2[C@@]2(C)CC[C@@]34C[C@@]35CC[C@H](O[C@H]3CCCCO3)C(C)(C)[C@@H]5CC[C@H]4[C@]12C. The molecule has 3 N–H and O–H groups in total. The van der Waals surface area contributed by atoms with Crippen LogP contribution in [0.15, 0.2) is 0 Å². The first-order valence-corrected chi connectivity index (χ1v) is 42.0. The molecular weight excluding hydrogens is 1240 g/mol. The van der Waals surface area contributed by atoms with Crippen LogP contribution in [0.25, 0.3) is 0 Å². The van der Waals surface area contributed by atoms with Crippen LogP contribution in [0.1, 0.15) is 288 Å². The quantitative estimate of drug-likeness (QED) is 0.0801. The van der Waals surface area contributed by atoms with Gasteiger partial charge in [-0.25, -0.2) is 0 Å². The lowest BCUT2D eigenvalue weighted by molar-refractivity contribution is -0.242. The van der Waals surface area contributed by atoms with E-state index in [2.05, 4.69) is 90.0 Å². The minimum absolute atomic E-state index is 0. The minimum atomic E-state index is -2.05. The summed E-state index contributed by atoms with van der Waals surface area (Å²) in [5, 5.41) is 34.8. The van der Waals surface area contributed by atoms with Crippen LogP contribution in [0.4, 0.5) is 0 Å². The summed E-state index contributed by atoms with van der Waals surface area (Å²) in [7, 11) is -2.05. The van der Waals surface area contributed by atoms with E-state index >= 15 is 0 Å². The van der Waals surface area contributed by atoms with E-state index in [0.717, 1.165) is 89.1 Å². The molecule has 10 aliphatic carbocycles. The maximum absolute atomic E-state index is 12.5. The summed E-state index contributed by atoms with van der Waals surface area (Å²) >= 11 is 0. The first kappa shape index (κ1) is 76.9. The molecule has 4 heterocycles. The summed E-state index contributed by atoms with van der Waals surface area (Å²) in [5.41, 5.74) is -1.09. The number of hydrogen-bond acceptors (Lipinski definition) is 14. The zero-order valence-electron chi connectivity index (χ0n) is 63.0. The van der Waals surface area contributed by atoms with Gasteiger partial charge in [0.15, 0.2) is 33.1 Å². The first-order chi connectivity index (χ1) is 44.4. The van der Waals surface area contributed by atoms with Gasteiger partial charge in [0, 0.05) is 37.9 Å². The van der Waals surface area contributed by atoms with Crippen molar-refractivity contribution in [1.82, 2.24) is 0 Å². The highest BCUT2D eigenvalue weighted by molar-refractivity contribution is 6.73. The minimum Gasteiger partial charge on any atom is -0.457 e. The maximum Gasteiger partial charge on any atom is 0.303 e. The highest BCUT2D eigenvalue weighted by atomic mass is 28.4. The number of esters is 2. The third-order valence-corrected chi connectivity index (χ3v) is 38.0. The fourth-order valence-electron chi connectivity index (χ4n) is 28.6. The molecule has 558 valence electrons. The standard InChI is InChI=1S/C43H74O7Si.C37H60O7.2CH4/c1-12-51(13-2,14-3)50-37-35-34(27(4)25-29(48-35)36(39(8,9)45)47-28(5)44)40(10)22-23-43-26-42(43)21-20-32(49-33-17-15-16-24-46-33)38(6,7)30(42)18-19-31(43)41(37,40)11;1-21-19-23(31(33(5,6)40)42-22(2)38)43-29-28(21)34(7)16-17-37-20-36(37)15-14-26(44-27-11-9-10-18-41-27)32(3,4)24(36)12-13-25(37)35(34,8)30(29)39;;/h27,29-37,45H,12-26H2,1-11H3;21,23-31,39-40H,9-20H2,1-8H3;2*1H4/t27-,29-,30+,31+,32+,33+,34+,35+,36+,37+,40-,41-,42-,43+;21-,23-,24+,25+,26+,27+,28+,29+,30+,31+,34-,35-,36-,37+;;/m11../s1. The van der Waals surface area contributed by atoms with E-state index in [1.165, 1.54) is 90.9 Å². The van der Waals surface area contributed by atoms with Crippen molar-refractivity contribution < 1.29 is 67.2 Å². The van der Waals surface area contributed by atoms with Gasteiger partial charge < -0.3 is 57.6 Å². The molecule has 0 amide bonds. The molecule has 0 radical (unpaired) electrons. The van der Waals surface area contributed by atoms with Gasteiger partial charge in [0.2, 0.25) is 0 Å². The lowest BCUT2D eigenvalue weighted by atomic mass is 9.41. The van der Waals surface area contributed by atoms with Crippen molar-refractivity contribution in [3.63, 3.8) is 0 Å². The van der Waals surface area contributed by atoms with Gasteiger partial charge in [-0.15, -0.1) is 0 Å². The molecule has 15 heteroatoms. The molecule has 4 saturated heterocycles. The highest BCUT2D eigenvalue weighted by Crippen LogP contribution is 2.91. The van der Waals surface area contributed by atoms with Crippen molar-refractivity contribution in [3.8, 4) is 0 Å². The molecule has 14 aliphatic rings. The van der Waals surface area contributed by atoms with E-state index < -0.39 is 49.9 Å². The van der Waals surface area contributed by atoms with Crippen LogP contribution in [-0.2, 0) is 51.9 Å². The number of carbonyl (C=O) groups excluding carboxylic acids is 2. The average molecular weight is 1380 g/mol. The molecule has 14 rings (SSSR count). The Bertz CT molecular complexity index is 2810. The molecule has 0 unspecified atom stereocenters. The van der Waals surface area contributed by atoms with Crippen LogP contribution in [-0.4, -0.2) is 134 Å². The number of fused-ring (bicyclic) bond motifs is 8. The second-order valence-corrected chi connectivity index (χ2v) is 43.4. The highest BCUT2D eigenvalue weighted by Gasteiger charge is 2.87. The van der Waals surface area contributed by atoms with Crippen molar-refractivity contribution in [2.45, 2.75) is 391 Å². The smallest absolute Gasteiger partial charge is 0.303 e. The van der Waals surface area contributed by atoms with Gasteiger partial charge in [-0.05, 0) is 278 Å². The second-order valence-electron chi connectivity index (χ2n) is 38.7. The van der Waals surface area contributed by atoms with Crippen LogP contribution in [0.2, 0.25) is 18.1 Å². The lowest BCUT2D eigenvalue weighted by Crippen LogP contribution is -2.61. The number of rotatable bonds is 15. The van der Waals surface area contributed by atoms with E-state index in [1.807, 2.05) is 0 Å². The summed E-state index contributed by atoms with van der Waals surface area (Å²) in [4.78, 5) is 24.4. The summed E-state index contributed by atoms with van der Waals surface area (Å²) in [6.07, 6.45) is 22.6. The van der Waals surface area contributed by atoms with Gasteiger partial charge in [0.05, 0.1) is 60.0 Å². The Morgan fingerprint density at radius 2 is 0.907 bits per heavy atom. The van der Waals surface area contributed by atoms with Gasteiger partial charge in [0.1, 0.15) is 0 Å². The lowest BCUT2D eigenvalue weighted by Gasteiger charge is -2.64. The van der Waals surface area contributed by atoms with Crippen LogP contribution in [0.3, 0.4) is 0 Å². The number of carbonyl (C=O) groups is 2. The molecule has 14 nitrogen and oxygen atoms in total. The Kier molecular flexibility index (Phi) is 20.7. The molecule has 0 aromatic heterocycles. The zero-order chi connectivity index (χ0) is 68.7. The van der Waals surface area contributed by atoms with E-state index in [1.54, 1.807) is 27.7 Å². The molecule has 28 atom stereocenters. The number of hydrogen-bond donors (Lipinski definition) is 3. The van der Waals surface area contributed by atoms with Gasteiger partial charge in [-0.1, -0.05) is 105 Å². The van der Waals surface area contributed by atoms with Crippen molar-refractivity contribution in [3.05, 3.63) is 0 Å². The monoisotopic (exact) mass is 1380 g/mol. The molecule has 0 aromatic rings. The predicted octanol–water partition coefficient (Wildman–Crippen LogP) is 17.1. The van der Waals surface area contributed by atoms with Gasteiger partial charge in [0.25, 0.3) is 0 Å². The zero-order valence-corrected chi connectivity index (χ0v) is 64.0. The van der Waals surface area contributed by atoms with Crippen molar-refractivity contribution in [1.29, 1.82) is 0 Å². The summed E-state index contributed by atoms with van der Waals surface area (Å²) in [6, 6.07) is 3.34. The van der Waals surface area contributed by atoms with Crippen LogP contribution < -0.4 is 0 Å². The normalized spacial score (nSPS) is 49.4. The molecular formula is C82H142O14Si. The third-order valence-electron chi connectivity index (χ3n) is 33.4. The van der Waals surface area contributed by atoms with E-state index in [4.69, 9.17) is 42.3 Å². The summed E-state index contributed by atoms with van der Waals surface area (Å²) in [6.45, 7) is 43.4. The molecule has 4 spiro atoms. The Morgan fingerprint density at radius 3 is 1.30 bits per heavy atom. The van der Waals surface area contributed by atoms with Crippen LogP contribution in [0, 0.1) is 101 Å². The average Bonchev–Trinajstić information content (AvgIpc) is 1.47. The van der Waals surface area contributed by atoms with Crippen molar-refractivity contribution in [2.75, 3.05) is 13.2 Å². The largest absolute Gasteiger partial charge is 0.457 e. The molecule has 4 aliphatic heterocycles. The van der Waals surface area contributed by atoms with Gasteiger partial charge in [-0.2, -0.15) is 0 Å². The van der Waals surface area contributed by atoms with Crippen molar-refractivity contribution in [2.24, 2.45) is 101 Å². The Morgan fingerprint density at radius 1 is 0.526 bits per heavy atom. The van der Waals surface area contributed by atoms with Crippen molar-refractivity contribution >= 4 is 20.3 Å². The van der Waals surface area contributed by atoms with E-state index in [-0.39, 0.29) is 120 Å². The molecule has 14 fully saturated rings. The van der Waals surface area contributed by atoms with E-state index in [0.29, 0.717) is 58.2 Å². The predicted molar refractivity (Wildman–Crippen MR) is 382 cm³/mol. The topological polar surface area (TPSA) is 178 Å². The third kappa shape index (κ3) is 11.3. The molecule has 10 saturated carbocycles. The molecule has 0 aromatic carbocycles. The maximum atomic E-state index is 12.5. The first-order valence-electron chi connectivity index (χ1n) is 39.4. The van der Waals surface area contributed by atoms with E-state index in [9.17, 15) is 24.9 Å². The van der Waals surface area contributed by atoms with Crippen LogP contribution >= 0.6 is 0 Å². The van der Waals surface area contributed by atoms with Gasteiger partial charge in [-0.3, -0.25) is 9.59 Å². The number of aliphatic hydroxyl groups excluding tert-OH is 1. The molecule has 0 bridgehead atoms. The Balaban J connectivity index is 0.000000195.